The van der Waals surface area contributed by atoms with E-state index in [2.05, 4.69) is 10.9 Å². The Morgan fingerprint density at radius 2 is 2.19 bits per heavy atom. The van der Waals surface area contributed by atoms with Crippen LogP contribution in [0.5, 0.6) is 0 Å². The van der Waals surface area contributed by atoms with Gasteiger partial charge in [-0.3, -0.25) is 10.2 Å². The van der Waals surface area contributed by atoms with Crippen molar-refractivity contribution in [2.24, 2.45) is 0 Å². The molecule has 4 nitrogen and oxygen atoms in total. The van der Waals surface area contributed by atoms with E-state index in [1.54, 1.807) is 0 Å². The van der Waals surface area contributed by atoms with Crippen molar-refractivity contribution in [3.8, 4) is 0 Å². The van der Waals surface area contributed by atoms with Gasteiger partial charge in [0, 0.05) is 12.6 Å². The Balaban J connectivity index is 2.42. The zero-order chi connectivity index (χ0) is 12.0. The molecule has 2 N–H and O–H groups in total. The number of halogens is 2. The lowest BCUT2D eigenvalue weighted by Gasteiger charge is -2.05. The van der Waals surface area contributed by atoms with Crippen molar-refractivity contribution in [1.82, 2.24) is 10.9 Å². The van der Waals surface area contributed by atoms with E-state index >= 15 is 0 Å². The molecule has 0 unspecified atom stereocenters. The zero-order valence-corrected chi connectivity index (χ0v) is 8.72. The Kier molecular flexibility index (Phi) is 4.81. The van der Waals surface area contributed by atoms with Crippen LogP contribution in [0.25, 0.3) is 0 Å². The smallest absolute Gasteiger partial charge is 0.260 e. The number of benzene rings is 1. The molecule has 0 spiro atoms. The lowest BCUT2D eigenvalue weighted by atomic mass is 10.2. The Labute approximate surface area is 91.6 Å². The summed E-state index contributed by atoms with van der Waals surface area (Å²) in [6.07, 6.45) is 0. The highest BCUT2D eigenvalue weighted by Gasteiger charge is 2.05. The molecular weight excluding hydrogens is 218 g/mol. The first kappa shape index (κ1) is 12.5. The summed E-state index contributed by atoms with van der Waals surface area (Å²) >= 11 is 0. The van der Waals surface area contributed by atoms with Gasteiger partial charge in [-0.1, -0.05) is 0 Å². The Bertz CT molecular complexity index is 372. The number of rotatable bonds is 5. The lowest BCUT2D eigenvalue weighted by molar-refractivity contribution is -0.127. The predicted molar refractivity (Wildman–Crippen MR) is 53.2 cm³/mol. The van der Waals surface area contributed by atoms with Crippen LogP contribution in [0.3, 0.4) is 0 Å². The minimum Gasteiger partial charge on any atom is -0.367 e. The molecular formula is C10H12F2N2O2. The van der Waals surface area contributed by atoms with Crippen molar-refractivity contribution in [3.63, 3.8) is 0 Å². The first-order valence-corrected chi connectivity index (χ1v) is 4.60. The van der Waals surface area contributed by atoms with Gasteiger partial charge < -0.3 is 4.74 Å². The van der Waals surface area contributed by atoms with E-state index in [-0.39, 0.29) is 24.7 Å². The average molecular weight is 230 g/mol. The SMILES string of the molecule is CNNC(=O)COCc1cc(F)ccc1F. The highest BCUT2D eigenvalue weighted by Crippen LogP contribution is 2.10. The maximum absolute atomic E-state index is 13.1. The molecule has 88 valence electrons. The second kappa shape index (κ2) is 6.14. The Hall–Kier alpha value is -1.53. The van der Waals surface area contributed by atoms with Gasteiger partial charge in [0.15, 0.2) is 0 Å². The Morgan fingerprint density at radius 3 is 2.88 bits per heavy atom. The summed E-state index contributed by atoms with van der Waals surface area (Å²) in [4.78, 5) is 10.9. The van der Waals surface area contributed by atoms with E-state index < -0.39 is 11.6 Å². The van der Waals surface area contributed by atoms with Gasteiger partial charge in [-0.25, -0.2) is 14.2 Å². The van der Waals surface area contributed by atoms with E-state index in [0.717, 1.165) is 18.2 Å². The summed E-state index contributed by atoms with van der Waals surface area (Å²) in [5.74, 6) is -1.49. The largest absolute Gasteiger partial charge is 0.367 e. The molecule has 0 fully saturated rings. The number of hydrogen-bond donors (Lipinski definition) is 2. The standard InChI is InChI=1S/C10H12F2N2O2/c1-13-14-10(15)6-16-5-7-4-8(11)2-3-9(7)12/h2-4,13H,5-6H2,1H3,(H,14,15). The van der Waals surface area contributed by atoms with Gasteiger partial charge in [-0.15, -0.1) is 0 Å². The predicted octanol–water partition coefficient (Wildman–Crippen LogP) is 0.732. The third-order valence-electron chi connectivity index (χ3n) is 1.76. The maximum atomic E-state index is 13.1. The summed E-state index contributed by atoms with van der Waals surface area (Å²) < 4.78 is 30.7. The normalized spacial score (nSPS) is 10.2. The van der Waals surface area contributed by atoms with Crippen LogP contribution in [0.1, 0.15) is 5.56 Å². The third-order valence-corrected chi connectivity index (χ3v) is 1.76. The summed E-state index contributed by atoms with van der Waals surface area (Å²) in [5, 5.41) is 0. The molecule has 16 heavy (non-hydrogen) atoms. The zero-order valence-electron chi connectivity index (χ0n) is 8.72. The number of ether oxygens (including phenoxy) is 1. The van der Waals surface area contributed by atoms with Crippen LogP contribution >= 0.6 is 0 Å². The highest BCUT2D eigenvalue weighted by atomic mass is 19.1. The van der Waals surface area contributed by atoms with Crippen molar-refractivity contribution in [3.05, 3.63) is 35.4 Å². The van der Waals surface area contributed by atoms with Gasteiger partial charge in [0.05, 0.1) is 6.61 Å². The maximum Gasteiger partial charge on any atom is 0.260 e. The molecule has 0 heterocycles. The van der Waals surface area contributed by atoms with Gasteiger partial charge in [0.2, 0.25) is 0 Å². The Morgan fingerprint density at radius 1 is 1.44 bits per heavy atom. The quantitative estimate of drug-likeness (QED) is 0.733. The van der Waals surface area contributed by atoms with Crippen LogP contribution in [0.4, 0.5) is 8.78 Å². The van der Waals surface area contributed by atoms with Gasteiger partial charge in [-0.2, -0.15) is 0 Å². The summed E-state index contributed by atoms with van der Waals surface area (Å²) in [6, 6.07) is 3.07. The molecule has 0 aliphatic carbocycles. The van der Waals surface area contributed by atoms with Gasteiger partial charge in [-0.05, 0) is 18.2 Å². The summed E-state index contributed by atoms with van der Waals surface area (Å²) in [7, 11) is 1.53. The molecule has 1 aromatic carbocycles. The molecule has 0 aliphatic heterocycles. The fraction of sp³-hybridized carbons (Fsp3) is 0.300. The second-order valence-electron chi connectivity index (χ2n) is 3.03. The number of carbonyl (C=O) groups is 1. The molecule has 0 bridgehead atoms. The molecule has 1 rings (SSSR count). The number of hydrazine groups is 1. The summed E-state index contributed by atoms with van der Waals surface area (Å²) in [6.45, 7) is -0.377. The second-order valence-corrected chi connectivity index (χ2v) is 3.03. The molecule has 0 saturated heterocycles. The first-order chi connectivity index (χ1) is 7.63. The van der Waals surface area contributed by atoms with Crippen molar-refractivity contribution in [1.29, 1.82) is 0 Å². The van der Waals surface area contributed by atoms with Gasteiger partial charge >= 0.3 is 0 Å². The van der Waals surface area contributed by atoms with Crippen molar-refractivity contribution in [2.75, 3.05) is 13.7 Å². The van der Waals surface area contributed by atoms with E-state index in [1.165, 1.54) is 7.05 Å². The minimum atomic E-state index is -0.560. The third kappa shape index (κ3) is 3.92. The number of nitrogens with one attached hydrogen (secondary N) is 2. The average Bonchev–Trinajstić information content (AvgIpc) is 2.23. The fourth-order valence-corrected chi connectivity index (χ4v) is 1.08. The lowest BCUT2D eigenvalue weighted by Crippen LogP contribution is -2.36. The summed E-state index contributed by atoms with van der Waals surface area (Å²) in [5.41, 5.74) is 4.78. The van der Waals surface area contributed by atoms with Crippen LogP contribution in [0.2, 0.25) is 0 Å². The molecule has 1 aromatic rings. The van der Waals surface area contributed by atoms with Crippen molar-refractivity contribution in [2.45, 2.75) is 6.61 Å². The number of amides is 1. The monoisotopic (exact) mass is 230 g/mol. The molecule has 0 saturated carbocycles. The fourth-order valence-electron chi connectivity index (χ4n) is 1.08. The topological polar surface area (TPSA) is 50.4 Å². The van der Waals surface area contributed by atoms with Crippen molar-refractivity contribution < 1.29 is 18.3 Å². The van der Waals surface area contributed by atoms with E-state index in [9.17, 15) is 13.6 Å². The first-order valence-electron chi connectivity index (χ1n) is 4.60. The minimum absolute atomic E-state index is 0.0808. The molecule has 1 amide bonds. The van der Waals surface area contributed by atoms with Crippen molar-refractivity contribution >= 4 is 5.91 Å². The van der Waals surface area contributed by atoms with E-state index in [4.69, 9.17) is 4.74 Å². The van der Waals surface area contributed by atoms with Crippen LogP contribution in [0.15, 0.2) is 18.2 Å². The van der Waals surface area contributed by atoms with Crippen LogP contribution in [0, 0.1) is 11.6 Å². The highest BCUT2D eigenvalue weighted by molar-refractivity contribution is 5.76. The molecule has 0 aliphatic rings. The van der Waals surface area contributed by atoms with Crippen LogP contribution in [-0.4, -0.2) is 19.6 Å². The molecule has 0 aromatic heterocycles. The molecule has 0 atom stereocenters. The number of carbonyl (C=O) groups excluding carboxylic acids is 1. The van der Waals surface area contributed by atoms with E-state index in [1.807, 2.05) is 0 Å². The van der Waals surface area contributed by atoms with E-state index in [0.29, 0.717) is 0 Å². The molecule has 6 heteroatoms. The molecule has 0 radical (unpaired) electrons. The van der Waals surface area contributed by atoms with Gasteiger partial charge in [0.1, 0.15) is 18.2 Å². The number of hydrogen-bond acceptors (Lipinski definition) is 3. The van der Waals surface area contributed by atoms with Gasteiger partial charge in [0.25, 0.3) is 5.91 Å². The van der Waals surface area contributed by atoms with Crippen LogP contribution in [-0.2, 0) is 16.1 Å². The van der Waals surface area contributed by atoms with Crippen LogP contribution < -0.4 is 10.9 Å².